The first-order chi connectivity index (χ1) is 14.8. The summed E-state index contributed by atoms with van der Waals surface area (Å²) in [6.45, 7) is 8.10. The Balaban J connectivity index is 1.73. The molecule has 0 bridgehead atoms. The molecule has 0 aromatic heterocycles. The quantitative estimate of drug-likeness (QED) is 0.683. The SMILES string of the molecule is Cc1ccc(CN(C(=O)COc2cccc(C)c2C)[C@H](C)C(=O)NC2CCCC2)cc1. The highest BCUT2D eigenvalue weighted by atomic mass is 16.5. The summed E-state index contributed by atoms with van der Waals surface area (Å²) in [5, 5.41) is 3.13. The van der Waals surface area contributed by atoms with Gasteiger partial charge in [0.1, 0.15) is 11.8 Å². The van der Waals surface area contributed by atoms with E-state index in [9.17, 15) is 9.59 Å². The van der Waals surface area contributed by atoms with Crippen molar-refractivity contribution in [3.05, 3.63) is 64.7 Å². The number of rotatable bonds is 8. The van der Waals surface area contributed by atoms with Gasteiger partial charge in [-0.05, 0) is 63.3 Å². The van der Waals surface area contributed by atoms with E-state index in [0.717, 1.165) is 47.9 Å². The van der Waals surface area contributed by atoms with E-state index >= 15 is 0 Å². The molecule has 0 heterocycles. The van der Waals surface area contributed by atoms with Gasteiger partial charge in [0.25, 0.3) is 5.91 Å². The van der Waals surface area contributed by atoms with Crippen LogP contribution in [-0.4, -0.2) is 35.4 Å². The van der Waals surface area contributed by atoms with E-state index in [2.05, 4.69) is 5.32 Å². The van der Waals surface area contributed by atoms with Crippen molar-refractivity contribution in [1.82, 2.24) is 10.2 Å². The lowest BCUT2D eigenvalue weighted by atomic mass is 10.1. The van der Waals surface area contributed by atoms with Crippen LogP contribution in [0, 0.1) is 20.8 Å². The summed E-state index contributed by atoms with van der Waals surface area (Å²) in [6, 6.07) is 13.5. The standard InChI is InChI=1S/C26H34N2O3/c1-18-12-14-22(15-13-18)16-28(21(4)26(30)27-23-9-5-6-10-23)25(29)17-31-24-11-7-8-19(2)20(24)3/h7-8,11-15,21,23H,5-6,9-10,16-17H2,1-4H3,(H,27,30)/t21-/m1/s1. The average molecular weight is 423 g/mol. The number of aryl methyl sites for hydroxylation is 2. The maximum Gasteiger partial charge on any atom is 0.261 e. The number of carbonyl (C=O) groups excluding carboxylic acids is 2. The van der Waals surface area contributed by atoms with E-state index in [1.165, 1.54) is 0 Å². The third-order valence-corrected chi connectivity index (χ3v) is 6.25. The lowest BCUT2D eigenvalue weighted by Gasteiger charge is -2.30. The molecule has 1 saturated carbocycles. The molecule has 1 aliphatic rings. The van der Waals surface area contributed by atoms with Crippen LogP contribution in [0.3, 0.4) is 0 Å². The Kier molecular flexibility index (Phi) is 7.72. The van der Waals surface area contributed by atoms with Crippen molar-refractivity contribution >= 4 is 11.8 Å². The highest BCUT2D eigenvalue weighted by Crippen LogP contribution is 2.21. The van der Waals surface area contributed by atoms with Gasteiger partial charge in [0.05, 0.1) is 0 Å². The molecule has 2 aromatic carbocycles. The van der Waals surface area contributed by atoms with Crippen LogP contribution in [0.2, 0.25) is 0 Å². The van der Waals surface area contributed by atoms with Gasteiger partial charge in [-0.1, -0.05) is 54.8 Å². The molecule has 31 heavy (non-hydrogen) atoms. The van der Waals surface area contributed by atoms with Crippen molar-refractivity contribution < 1.29 is 14.3 Å². The second-order valence-corrected chi connectivity index (χ2v) is 8.66. The maximum absolute atomic E-state index is 13.2. The average Bonchev–Trinajstić information content (AvgIpc) is 3.26. The first-order valence-electron chi connectivity index (χ1n) is 11.2. The van der Waals surface area contributed by atoms with Gasteiger partial charge in [-0.2, -0.15) is 0 Å². The van der Waals surface area contributed by atoms with Gasteiger partial charge >= 0.3 is 0 Å². The van der Waals surface area contributed by atoms with E-state index in [0.29, 0.717) is 12.3 Å². The monoisotopic (exact) mass is 422 g/mol. The Morgan fingerprint density at radius 2 is 1.74 bits per heavy atom. The first-order valence-corrected chi connectivity index (χ1v) is 11.2. The molecule has 5 nitrogen and oxygen atoms in total. The Hall–Kier alpha value is -2.82. The van der Waals surface area contributed by atoms with Gasteiger partial charge in [-0.25, -0.2) is 0 Å². The molecule has 1 aliphatic carbocycles. The number of nitrogens with one attached hydrogen (secondary N) is 1. The Labute approximate surface area is 185 Å². The van der Waals surface area contributed by atoms with E-state index in [-0.39, 0.29) is 24.5 Å². The fourth-order valence-electron chi connectivity index (χ4n) is 3.97. The highest BCUT2D eigenvalue weighted by molar-refractivity contribution is 5.88. The zero-order chi connectivity index (χ0) is 22.4. The van der Waals surface area contributed by atoms with E-state index in [1.807, 2.05) is 63.2 Å². The van der Waals surface area contributed by atoms with Crippen molar-refractivity contribution in [3.63, 3.8) is 0 Å². The van der Waals surface area contributed by atoms with Crippen LogP contribution in [0.15, 0.2) is 42.5 Å². The highest BCUT2D eigenvalue weighted by Gasteiger charge is 2.28. The molecule has 5 heteroatoms. The lowest BCUT2D eigenvalue weighted by Crippen LogP contribution is -2.50. The summed E-state index contributed by atoms with van der Waals surface area (Å²) >= 11 is 0. The van der Waals surface area contributed by atoms with E-state index in [1.54, 1.807) is 11.8 Å². The number of carbonyl (C=O) groups is 2. The molecule has 166 valence electrons. The third-order valence-electron chi connectivity index (χ3n) is 6.25. The molecule has 1 fully saturated rings. The van der Waals surface area contributed by atoms with Crippen molar-refractivity contribution in [2.24, 2.45) is 0 Å². The Bertz CT molecular complexity index is 901. The van der Waals surface area contributed by atoms with Crippen molar-refractivity contribution in [3.8, 4) is 5.75 Å². The number of nitrogens with zero attached hydrogens (tertiary/aromatic N) is 1. The van der Waals surface area contributed by atoms with Crippen LogP contribution in [0.5, 0.6) is 5.75 Å². The summed E-state index contributed by atoms with van der Waals surface area (Å²) in [6.07, 6.45) is 4.32. The third kappa shape index (κ3) is 6.09. The van der Waals surface area contributed by atoms with Crippen LogP contribution < -0.4 is 10.1 Å². The van der Waals surface area contributed by atoms with Crippen molar-refractivity contribution in [1.29, 1.82) is 0 Å². The van der Waals surface area contributed by atoms with E-state index in [4.69, 9.17) is 4.74 Å². The number of hydrogen-bond acceptors (Lipinski definition) is 3. The molecule has 0 radical (unpaired) electrons. The first kappa shape index (κ1) is 22.9. The normalized spacial score (nSPS) is 14.8. The summed E-state index contributed by atoms with van der Waals surface area (Å²) < 4.78 is 5.86. The van der Waals surface area contributed by atoms with Crippen LogP contribution in [0.1, 0.15) is 54.9 Å². The van der Waals surface area contributed by atoms with Crippen molar-refractivity contribution in [2.75, 3.05) is 6.61 Å². The predicted molar refractivity (Wildman–Crippen MR) is 123 cm³/mol. The fraction of sp³-hybridized carbons (Fsp3) is 0.462. The van der Waals surface area contributed by atoms with Gasteiger partial charge in [0.15, 0.2) is 6.61 Å². The minimum atomic E-state index is -0.573. The van der Waals surface area contributed by atoms with Gasteiger partial charge in [-0.15, -0.1) is 0 Å². The van der Waals surface area contributed by atoms with E-state index < -0.39 is 6.04 Å². The molecule has 1 atom stereocenters. The smallest absolute Gasteiger partial charge is 0.261 e. The molecule has 0 unspecified atom stereocenters. The summed E-state index contributed by atoms with van der Waals surface area (Å²) in [7, 11) is 0. The minimum Gasteiger partial charge on any atom is -0.483 e. The number of hydrogen-bond donors (Lipinski definition) is 1. The second-order valence-electron chi connectivity index (χ2n) is 8.66. The molecular weight excluding hydrogens is 388 g/mol. The fourth-order valence-corrected chi connectivity index (χ4v) is 3.97. The lowest BCUT2D eigenvalue weighted by molar-refractivity contribution is -0.142. The molecule has 1 N–H and O–H groups in total. The maximum atomic E-state index is 13.2. The molecule has 2 aromatic rings. The van der Waals surface area contributed by atoms with Crippen LogP contribution in [0.25, 0.3) is 0 Å². The molecule has 2 amide bonds. The molecule has 0 spiro atoms. The summed E-state index contributed by atoms with van der Waals surface area (Å²) in [5.74, 6) is 0.404. The Morgan fingerprint density at radius 3 is 2.42 bits per heavy atom. The topological polar surface area (TPSA) is 58.6 Å². The summed E-state index contributed by atoms with van der Waals surface area (Å²) in [4.78, 5) is 27.7. The van der Waals surface area contributed by atoms with Gasteiger partial charge < -0.3 is 15.0 Å². The zero-order valence-electron chi connectivity index (χ0n) is 19.1. The molecular formula is C26H34N2O3. The number of ether oxygens (including phenoxy) is 1. The van der Waals surface area contributed by atoms with Crippen LogP contribution >= 0.6 is 0 Å². The summed E-state index contributed by atoms with van der Waals surface area (Å²) in [5.41, 5.74) is 4.29. The zero-order valence-corrected chi connectivity index (χ0v) is 19.1. The Morgan fingerprint density at radius 1 is 1.06 bits per heavy atom. The van der Waals surface area contributed by atoms with Crippen LogP contribution in [-0.2, 0) is 16.1 Å². The second kappa shape index (κ2) is 10.5. The van der Waals surface area contributed by atoms with Crippen molar-refractivity contribution in [2.45, 2.75) is 72.0 Å². The minimum absolute atomic E-state index is 0.0981. The predicted octanol–water partition coefficient (Wildman–Crippen LogP) is 4.47. The molecule has 0 aliphatic heterocycles. The van der Waals surface area contributed by atoms with Gasteiger partial charge in [0.2, 0.25) is 5.91 Å². The number of amides is 2. The molecule has 3 rings (SSSR count). The molecule has 0 saturated heterocycles. The van der Waals surface area contributed by atoms with Gasteiger partial charge in [-0.3, -0.25) is 9.59 Å². The number of benzene rings is 2. The van der Waals surface area contributed by atoms with Crippen LogP contribution in [0.4, 0.5) is 0 Å². The largest absolute Gasteiger partial charge is 0.483 e. The van der Waals surface area contributed by atoms with Gasteiger partial charge in [0, 0.05) is 12.6 Å².